The topological polar surface area (TPSA) is 72.8 Å². The number of hydrogen-bond donors (Lipinski definition) is 1. The van der Waals surface area contributed by atoms with Crippen LogP contribution in [0.2, 0.25) is 0 Å². The minimum Gasteiger partial charge on any atom is -0.490 e. The van der Waals surface area contributed by atoms with Gasteiger partial charge in [-0.05, 0) is 36.8 Å². The molecule has 0 aliphatic heterocycles. The molecule has 0 atom stereocenters. The Morgan fingerprint density at radius 3 is 2.55 bits per heavy atom. The van der Waals surface area contributed by atoms with E-state index in [1.807, 2.05) is 19.1 Å². The van der Waals surface area contributed by atoms with Crippen LogP contribution in [0.4, 0.5) is 0 Å². The van der Waals surface area contributed by atoms with Crippen LogP contribution in [0.25, 0.3) is 0 Å². The zero-order chi connectivity index (χ0) is 15.6. The molecule has 114 valence electrons. The van der Waals surface area contributed by atoms with Gasteiger partial charge in [0.05, 0.1) is 12.8 Å². The number of amides is 1. The van der Waals surface area contributed by atoms with Crippen molar-refractivity contribution in [2.24, 2.45) is 5.10 Å². The summed E-state index contributed by atoms with van der Waals surface area (Å²) in [6.07, 6.45) is 4.83. The van der Waals surface area contributed by atoms with E-state index in [0.29, 0.717) is 18.1 Å². The highest BCUT2D eigenvalue weighted by atomic mass is 16.5. The molecule has 0 aliphatic carbocycles. The highest BCUT2D eigenvalue weighted by Crippen LogP contribution is 2.26. The molecule has 1 aromatic heterocycles. The molecule has 6 heteroatoms. The van der Waals surface area contributed by atoms with E-state index in [4.69, 9.17) is 9.47 Å². The number of hydrogen-bond acceptors (Lipinski definition) is 5. The van der Waals surface area contributed by atoms with Gasteiger partial charge in [0.2, 0.25) is 0 Å². The van der Waals surface area contributed by atoms with Crippen molar-refractivity contribution in [2.45, 2.75) is 6.92 Å². The molecule has 0 spiro atoms. The molecule has 22 heavy (non-hydrogen) atoms. The number of rotatable bonds is 7. The van der Waals surface area contributed by atoms with Crippen LogP contribution in [0, 0.1) is 0 Å². The molecule has 2 aromatic rings. The van der Waals surface area contributed by atoms with Crippen LogP contribution in [0.1, 0.15) is 12.5 Å². The molecule has 1 heterocycles. The Morgan fingerprint density at radius 1 is 1.18 bits per heavy atom. The van der Waals surface area contributed by atoms with Gasteiger partial charge >= 0.3 is 0 Å². The van der Waals surface area contributed by atoms with Gasteiger partial charge in [-0.25, -0.2) is 5.43 Å². The molecule has 1 N–H and O–H groups in total. The van der Waals surface area contributed by atoms with Crippen molar-refractivity contribution < 1.29 is 14.3 Å². The molecule has 1 aromatic carbocycles. The minimum atomic E-state index is -0.350. The molecule has 2 rings (SSSR count). The molecule has 0 unspecified atom stereocenters. The lowest BCUT2D eigenvalue weighted by molar-refractivity contribution is -0.123. The summed E-state index contributed by atoms with van der Waals surface area (Å²) in [6, 6.07) is 10.8. The summed E-state index contributed by atoms with van der Waals surface area (Å²) in [6.45, 7) is 2.28. The average Bonchev–Trinajstić information content (AvgIpc) is 2.55. The number of pyridine rings is 1. The summed E-state index contributed by atoms with van der Waals surface area (Å²) in [7, 11) is 0. The van der Waals surface area contributed by atoms with E-state index in [2.05, 4.69) is 15.5 Å². The second kappa shape index (κ2) is 8.41. The largest absolute Gasteiger partial charge is 0.490 e. The van der Waals surface area contributed by atoms with Crippen LogP contribution in [0.3, 0.4) is 0 Å². The van der Waals surface area contributed by atoms with Gasteiger partial charge in [-0.3, -0.25) is 9.78 Å². The smallest absolute Gasteiger partial charge is 0.277 e. The molecule has 0 saturated carbocycles. The summed E-state index contributed by atoms with van der Waals surface area (Å²) in [5.74, 6) is 0.785. The Labute approximate surface area is 128 Å². The van der Waals surface area contributed by atoms with E-state index in [1.54, 1.807) is 36.7 Å². The Hall–Kier alpha value is -2.89. The van der Waals surface area contributed by atoms with E-state index < -0.39 is 0 Å². The summed E-state index contributed by atoms with van der Waals surface area (Å²) in [4.78, 5) is 15.6. The fourth-order valence-corrected chi connectivity index (χ4v) is 1.65. The Balaban J connectivity index is 1.82. The van der Waals surface area contributed by atoms with Crippen LogP contribution < -0.4 is 14.9 Å². The van der Waals surface area contributed by atoms with Gasteiger partial charge < -0.3 is 9.47 Å². The highest BCUT2D eigenvalue weighted by molar-refractivity contribution is 5.82. The number of aromatic nitrogens is 1. The molecule has 1 amide bonds. The maximum absolute atomic E-state index is 11.7. The molecule has 0 aliphatic rings. The SMILES string of the molecule is CCOc1ccccc1OCC(=O)N/N=C/c1ccncc1. The number of nitrogens with one attached hydrogen (secondary N) is 1. The molecule has 6 nitrogen and oxygen atoms in total. The average molecular weight is 299 g/mol. The van der Waals surface area contributed by atoms with E-state index in [9.17, 15) is 4.79 Å². The van der Waals surface area contributed by atoms with Gasteiger partial charge in [0.1, 0.15) is 0 Å². The van der Waals surface area contributed by atoms with Crippen molar-refractivity contribution in [1.82, 2.24) is 10.4 Å². The van der Waals surface area contributed by atoms with Crippen LogP contribution in [-0.2, 0) is 4.79 Å². The Morgan fingerprint density at radius 2 is 1.86 bits per heavy atom. The molecular formula is C16H17N3O3. The predicted octanol–water partition coefficient (Wildman–Crippen LogP) is 2.01. The zero-order valence-electron chi connectivity index (χ0n) is 12.2. The van der Waals surface area contributed by atoms with Crippen molar-refractivity contribution >= 4 is 12.1 Å². The lowest BCUT2D eigenvalue weighted by atomic mass is 10.3. The Kier molecular flexibility index (Phi) is 5.92. The fraction of sp³-hybridized carbons (Fsp3) is 0.188. The van der Waals surface area contributed by atoms with Crippen molar-refractivity contribution in [1.29, 1.82) is 0 Å². The molecule has 0 radical (unpaired) electrons. The number of ether oxygens (including phenoxy) is 2. The van der Waals surface area contributed by atoms with Crippen LogP contribution >= 0.6 is 0 Å². The molecule has 0 fully saturated rings. The van der Waals surface area contributed by atoms with E-state index in [0.717, 1.165) is 5.56 Å². The standard InChI is InChI=1S/C16H17N3O3/c1-2-21-14-5-3-4-6-15(14)22-12-16(20)19-18-11-13-7-9-17-10-8-13/h3-11H,2,12H2,1H3,(H,19,20)/b18-11+. The van der Waals surface area contributed by atoms with Crippen LogP contribution in [-0.4, -0.2) is 30.3 Å². The number of nitrogens with zero attached hydrogens (tertiary/aromatic N) is 2. The third kappa shape index (κ3) is 4.90. The molecular weight excluding hydrogens is 282 g/mol. The van der Waals surface area contributed by atoms with Crippen molar-refractivity contribution in [3.63, 3.8) is 0 Å². The first kappa shape index (κ1) is 15.5. The second-order valence-corrected chi connectivity index (χ2v) is 4.24. The molecule has 0 saturated heterocycles. The van der Waals surface area contributed by atoms with Crippen molar-refractivity contribution in [3.8, 4) is 11.5 Å². The van der Waals surface area contributed by atoms with Gasteiger partial charge in [0.25, 0.3) is 5.91 Å². The first-order chi connectivity index (χ1) is 10.8. The summed E-state index contributed by atoms with van der Waals surface area (Å²) >= 11 is 0. The Bertz CT molecular complexity index is 630. The third-order valence-electron chi connectivity index (χ3n) is 2.62. The molecule has 0 bridgehead atoms. The quantitative estimate of drug-likeness (QED) is 0.627. The van der Waals surface area contributed by atoms with Crippen molar-refractivity contribution in [3.05, 3.63) is 54.4 Å². The van der Waals surface area contributed by atoms with E-state index in [-0.39, 0.29) is 12.5 Å². The van der Waals surface area contributed by atoms with Crippen LogP contribution in [0.5, 0.6) is 11.5 Å². The third-order valence-corrected chi connectivity index (χ3v) is 2.62. The van der Waals surface area contributed by atoms with Crippen molar-refractivity contribution in [2.75, 3.05) is 13.2 Å². The zero-order valence-corrected chi connectivity index (χ0v) is 12.2. The summed E-state index contributed by atoms with van der Waals surface area (Å²) in [5.41, 5.74) is 3.24. The first-order valence-electron chi connectivity index (χ1n) is 6.86. The number of hydrazone groups is 1. The summed E-state index contributed by atoms with van der Waals surface area (Å²) in [5, 5.41) is 3.85. The lowest BCUT2D eigenvalue weighted by Gasteiger charge is -2.10. The monoisotopic (exact) mass is 299 g/mol. The van der Waals surface area contributed by atoms with E-state index in [1.165, 1.54) is 6.21 Å². The van der Waals surface area contributed by atoms with Gasteiger partial charge in [-0.1, -0.05) is 12.1 Å². The predicted molar refractivity (Wildman–Crippen MR) is 83.1 cm³/mol. The number of para-hydroxylation sites is 2. The highest BCUT2D eigenvalue weighted by Gasteiger charge is 2.06. The normalized spacial score (nSPS) is 10.4. The summed E-state index contributed by atoms with van der Waals surface area (Å²) < 4.78 is 10.8. The minimum absolute atomic E-state index is 0.141. The first-order valence-corrected chi connectivity index (χ1v) is 6.86. The van der Waals surface area contributed by atoms with Gasteiger partial charge in [0, 0.05) is 12.4 Å². The lowest BCUT2D eigenvalue weighted by Crippen LogP contribution is -2.24. The maximum Gasteiger partial charge on any atom is 0.277 e. The number of carbonyl (C=O) groups excluding carboxylic acids is 1. The van der Waals surface area contributed by atoms with Gasteiger partial charge in [-0.15, -0.1) is 0 Å². The second-order valence-electron chi connectivity index (χ2n) is 4.24. The number of carbonyl (C=O) groups is 1. The van der Waals surface area contributed by atoms with E-state index >= 15 is 0 Å². The number of benzene rings is 1. The maximum atomic E-state index is 11.7. The van der Waals surface area contributed by atoms with Gasteiger partial charge in [0.15, 0.2) is 18.1 Å². The van der Waals surface area contributed by atoms with Gasteiger partial charge in [-0.2, -0.15) is 5.10 Å². The fourth-order valence-electron chi connectivity index (χ4n) is 1.65. The van der Waals surface area contributed by atoms with Crippen LogP contribution in [0.15, 0.2) is 53.9 Å².